The topological polar surface area (TPSA) is 42.4 Å². The molecule has 3 nitrogen and oxygen atoms in total. The molecule has 0 aliphatic carbocycles. The molecule has 1 fully saturated rings. The Morgan fingerprint density at radius 3 is 3.06 bits per heavy atom. The third-order valence-corrected chi connectivity index (χ3v) is 3.15. The van der Waals surface area contributed by atoms with E-state index in [1.807, 2.05) is 0 Å². The van der Waals surface area contributed by atoms with Crippen molar-refractivity contribution in [3.63, 3.8) is 0 Å². The quantitative estimate of drug-likeness (QED) is 0.878. The standard InChI is InChI=1S/C13H18FNO2/c14-11-7-10(8-15-9-11)13(16)5-4-12-3-1-2-6-17-12/h7-9,12-13,16H,1-6H2. The van der Waals surface area contributed by atoms with E-state index in [-0.39, 0.29) is 6.10 Å². The van der Waals surface area contributed by atoms with E-state index in [4.69, 9.17) is 4.74 Å². The second-order valence-corrected chi connectivity index (χ2v) is 4.52. The van der Waals surface area contributed by atoms with Crippen LogP contribution in [0.2, 0.25) is 0 Å². The predicted octanol–water partition coefficient (Wildman–Crippen LogP) is 2.60. The summed E-state index contributed by atoms with van der Waals surface area (Å²) in [6.07, 6.45) is 7.05. The molecule has 2 atom stereocenters. The fourth-order valence-corrected chi connectivity index (χ4v) is 2.16. The lowest BCUT2D eigenvalue weighted by Gasteiger charge is -2.23. The number of rotatable bonds is 4. The Morgan fingerprint density at radius 2 is 2.35 bits per heavy atom. The van der Waals surface area contributed by atoms with Crippen molar-refractivity contribution in [2.45, 2.75) is 44.3 Å². The molecule has 1 aliphatic rings. The van der Waals surface area contributed by atoms with Crippen LogP contribution in [-0.2, 0) is 4.74 Å². The Hall–Kier alpha value is -1.00. The van der Waals surface area contributed by atoms with Gasteiger partial charge in [0.15, 0.2) is 0 Å². The fraction of sp³-hybridized carbons (Fsp3) is 0.615. The van der Waals surface area contributed by atoms with Gasteiger partial charge in [-0.05, 0) is 38.2 Å². The molecule has 0 amide bonds. The molecule has 0 saturated carbocycles. The minimum absolute atomic E-state index is 0.250. The van der Waals surface area contributed by atoms with E-state index in [2.05, 4.69) is 4.98 Å². The van der Waals surface area contributed by atoms with Crippen molar-refractivity contribution >= 4 is 0 Å². The van der Waals surface area contributed by atoms with Gasteiger partial charge in [-0.2, -0.15) is 0 Å². The van der Waals surface area contributed by atoms with Gasteiger partial charge in [-0.1, -0.05) is 0 Å². The average Bonchev–Trinajstić information content (AvgIpc) is 2.37. The molecule has 1 aromatic rings. The van der Waals surface area contributed by atoms with Gasteiger partial charge in [0.2, 0.25) is 0 Å². The summed E-state index contributed by atoms with van der Waals surface area (Å²) in [6, 6.07) is 1.33. The zero-order valence-electron chi connectivity index (χ0n) is 9.81. The molecular weight excluding hydrogens is 221 g/mol. The maximum absolute atomic E-state index is 12.9. The molecule has 2 rings (SSSR count). The van der Waals surface area contributed by atoms with Crippen molar-refractivity contribution < 1.29 is 14.2 Å². The maximum atomic E-state index is 12.9. The first-order valence-corrected chi connectivity index (χ1v) is 6.16. The molecule has 1 aromatic heterocycles. The van der Waals surface area contributed by atoms with E-state index >= 15 is 0 Å². The monoisotopic (exact) mass is 239 g/mol. The summed E-state index contributed by atoms with van der Waals surface area (Å²) in [5.41, 5.74) is 0.542. The molecule has 1 saturated heterocycles. The minimum atomic E-state index is -0.649. The third-order valence-electron chi connectivity index (χ3n) is 3.15. The number of hydrogen-bond donors (Lipinski definition) is 1. The van der Waals surface area contributed by atoms with Crippen LogP contribution in [0.25, 0.3) is 0 Å². The van der Waals surface area contributed by atoms with Crippen LogP contribution in [0.1, 0.15) is 43.8 Å². The fourth-order valence-electron chi connectivity index (χ4n) is 2.16. The molecule has 94 valence electrons. The Kier molecular flexibility index (Phi) is 4.45. The molecule has 0 radical (unpaired) electrons. The number of nitrogens with zero attached hydrogens (tertiary/aromatic N) is 1. The van der Waals surface area contributed by atoms with Crippen LogP contribution in [0, 0.1) is 5.82 Å². The highest BCUT2D eigenvalue weighted by molar-refractivity contribution is 5.13. The second-order valence-electron chi connectivity index (χ2n) is 4.52. The summed E-state index contributed by atoms with van der Waals surface area (Å²) in [7, 11) is 0. The van der Waals surface area contributed by atoms with Crippen molar-refractivity contribution in [1.29, 1.82) is 0 Å². The summed E-state index contributed by atoms with van der Waals surface area (Å²) in [5, 5.41) is 9.91. The predicted molar refractivity (Wildman–Crippen MR) is 62.0 cm³/mol. The molecule has 1 N–H and O–H groups in total. The largest absolute Gasteiger partial charge is 0.388 e. The number of halogens is 1. The van der Waals surface area contributed by atoms with Gasteiger partial charge >= 0.3 is 0 Å². The van der Waals surface area contributed by atoms with Crippen molar-refractivity contribution in [2.24, 2.45) is 0 Å². The van der Waals surface area contributed by atoms with Crippen LogP contribution in [0.3, 0.4) is 0 Å². The summed E-state index contributed by atoms with van der Waals surface area (Å²) >= 11 is 0. The van der Waals surface area contributed by atoms with E-state index in [1.54, 1.807) is 0 Å². The van der Waals surface area contributed by atoms with Gasteiger partial charge in [0, 0.05) is 18.4 Å². The zero-order chi connectivity index (χ0) is 12.1. The van der Waals surface area contributed by atoms with Crippen molar-refractivity contribution in [3.05, 3.63) is 29.8 Å². The van der Waals surface area contributed by atoms with Gasteiger partial charge in [-0.3, -0.25) is 4.98 Å². The van der Waals surface area contributed by atoms with E-state index in [9.17, 15) is 9.50 Å². The molecule has 0 spiro atoms. The maximum Gasteiger partial charge on any atom is 0.141 e. The lowest BCUT2D eigenvalue weighted by atomic mass is 10.00. The molecular formula is C13H18FNO2. The number of hydrogen-bond acceptors (Lipinski definition) is 3. The van der Waals surface area contributed by atoms with Crippen molar-refractivity contribution in [3.8, 4) is 0 Å². The third kappa shape index (κ3) is 3.75. The number of aliphatic hydroxyl groups excluding tert-OH is 1. The summed E-state index contributed by atoms with van der Waals surface area (Å²) < 4.78 is 18.5. The van der Waals surface area contributed by atoms with E-state index < -0.39 is 11.9 Å². The lowest BCUT2D eigenvalue weighted by Crippen LogP contribution is -2.19. The molecule has 17 heavy (non-hydrogen) atoms. The molecule has 2 unspecified atom stereocenters. The van der Waals surface area contributed by atoms with Crippen LogP contribution in [-0.4, -0.2) is 22.8 Å². The number of pyridine rings is 1. The molecule has 2 heterocycles. The Bertz CT molecular complexity index is 353. The van der Waals surface area contributed by atoms with E-state index in [1.165, 1.54) is 18.7 Å². The summed E-state index contributed by atoms with van der Waals surface area (Å²) in [6.45, 7) is 0.822. The first kappa shape index (κ1) is 12.5. The van der Waals surface area contributed by atoms with Gasteiger partial charge in [0.05, 0.1) is 18.4 Å². The molecule has 0 bridgehead atoms. The average molecular weight is 239 g/mol. The smallest absolute Gasteiger partial charge is 0.141 e. The number of aromatic nitrogens is 1. The van der Waals surface area contributed by atoms with Crippen LogP contribution in [0.4, 0.5) is 4.39 Å². The van der Waals surface area contributed by atoms with Crippen LogP contribution < -0.4 is 0 Å². The van der Waals surface area contributed by atoms with Gasteiger partial charge < -0.3 is 9.84 Å². The molecule has 4 heteroatoms. The summed E-state index contributed by atoms with van der Waals surface area (Å²) in [4.78, 5) is 3.73. The van der Waals surface area contributed by atoms with Crippen LogP contribution in [0.15, 0.2) is 18.5 Å². The van der Waals surface area contributed by atoms with Gasteiger partial charge in [-0.15, -0.1) is 0 Å². The van der Waals surface area contributed by atoms with Gasteiger partial charge in [0.1, 0.15) is 5.82 Å². The van der Waals surface area contributed by atoms with Crippen LogP contribution >= 0.6 is 0 Å². The zero-order valence-corrected chi connectivity index (χ0v) is 9.81. The Morgan fingerprint density at radius 1 is 1.47 bits per heavy atom. The number of ether oxygens (including phenoxy) is 1. The Balaban J connectivity index is 1.82. The highest BCUT2D eigenvalue weighted by Gasteiger charge is 2.16. The van der Waals surface area contributed by atoms with Gasteiger partial charge in [-0.25, -0.2) is 4.39 Å². The minimum Gasteiger partial charge on any atom is -0.388 e. The highest BCUT2D eigenvalue weighted by atomic mass is 19.1. The van der Waals surface area contributed by atoms with Crippen molar-refractivity contribution in [1.82, 2.24) is 4.98 Å². The van der Waals surface area contributed by atoms with Crippen LogP contribution in [0.5, 0.6) is 0 Å². The summed E-state index contributed by atoms with van der Waals surface area (Å²) in [5.74, 6) is -0.407. The first-order valence-electron chi connectivity index (χ1n) is 6.16. The number of aliphatic hydroxyl groups is 1. The van der Waals surface area contributed by atoms with E-state index in [0.29, 0.717) is 12.0 Å². The van der Waals surface area contributed by atoms with Gasteiger partial charge in [0.25, 0.3) is 0 Å². The SMILES string of the molecule is OC(CCC1CCCCO1)c1cncc(F)c1. The Labute approximate surface area is 101 Å². The van der Waals surface area contributed by atoms with Crippen molar-refractivity contribution in [2.75, 3.05) is 6.61 Å². The first-order chi connectivity index (χ1) is 8.25. The van der Waals surface area contributed by atoms with E-state index in [0.717, 1.165) is 32.1 Å². The lowest BCUT2D eigenvalue weighted by molar-refractivity contribution is 0.00209. The molecule has 0 aromatic carbocycles. The second kappa shape index (κ2) is 6.07. The highest BCUT2D eigenvalue weighted by Crippen LogP contribution is 2.23. The molecule has 1 aliphatic heterocycles. The normalized spacial score (nSPS) is 22.4.